The number of benzene rings is 1. The molecule has 0 bridgehead atoms. The van der Waals surface area contributed by atoms with Gasteiger partial charge in [0.25, 0.3) is 5.56 Å². The predicted octanol–water partition coefficient (Wildman–Crippen LogP) is 3.41. The number of rotatable bonds is 3. The average molecular weight is 370 g/mol. The summed E-state index contributed by atoms with van der Waals surface area (Å²) in [7, 11) is 0. The first kappa shape index (κ1) is 17.0. The molecule has 0 radical (unpaired) electrons. The molecule has 0 saturated carbocycles. The molecule has 0 fully saturated rings. The first-order valence-corrected chi connectivity index (χ1v) is 9.63. The molecule has 0 aliphatic carbocycles. The second kappa shape index (κ2) is 6.77. The van der Waals surface area contributed by atoms with Crippen molar-refractivity contribution in [1.82, 2.24) is 18.9 Å². The fourth-order valence-corrected chi connectivity index (χ4v) is 4.22. The molecule has 1 aromatic carbocycles. The first-order valence-electron chi connectivity index (χ1n) is 9.63. The minimum atomic E-state index is -0.0275. The standard InChI is InChI=1S/C23H22N4O/c1-17-7-5-12-27-21(28)15-19(24-23(17)27)16-26-14-13-25-11-6-10-20(25)22(26)18-8-3-2-4-9-18/h2-12,15,22H,13-14,16H2,1H3/t22-/m1/s1. The van der Waals surface area contributed by atoms with Gasteiger partial charge in [-0.15, -0.1) is 0 Å². The average Bonchev–Trinajstić information content (AvgIpc) is 3.18. The molecule has 0 unspecified atom stereocenters. The number of pyridine rings is 1. The maximum Gasteiger partial charge on any atom is 0.258 e. The number of hydrogen-bond donors (Lipinski definition) is 0. The van der Waals surface area contributed by atoms with E-state index in [2.05, 4.69) is 52.1 Å². The molecule has 3 aromatic heterocycles. The van der Waals surface area contributed by atoms with E-state index in [1.54, 1.807) is 16.7 Å². The van der Waals surface area contributed by atoms with Crippen LogP contribution in [0.5, 0.6) is 0 Å². The number of fused-ring (bicyclic) bond motifs is 2. The SMILES string of the molecule is Cc1cccn2c(=O)cc(CN3CCn4cccc4[C@H]3c3ccccc3)nc12. The molecule has 0 spiro atoms. The number of nitrogens with zero attached hydrogens (tertiary/aromatic N) is 4. The van der Waals surface area contributed by atoms with Gasteiger partial charge in [-0.2, -0.15) is 0 Å². The second-order valence-electron chi connectivity index (χ2n) is 7.38. The maximum atomic E-state index is 12.6. The van der Waals surface area contributed by atoms with E-state index in [9.17, 15) is 4.79 Å². The lowest BCUT2D eigenvalue weighted by atomic mass is 10.00. The van der Waals surface area contributed by atoms with Crippen molar-refractivity contribution in [3.8, 4) is 0 Å². The Kier molecular flexibility index (Phi) is 4.10. The topological polar surface area (TPSA) is 42.5 Å². The van der Waals surface area contributed by atoms with Gasteiger partial charge in [-0.25, -0.2) is 4.98 Å². The third-order valence-corrected chi connectivity index (χ3v) is 5.56. The van der Waals surface area contributed by atoms with Crippen molar-refractivity contribution in [2.75, 3.05) is 6.54 Å². The molecular formula is C23H22N4O. The molecule has 0 amide bonds. The number of aromatic nitrogens is 3. The molecule has 1 atom stereocenters. The minimum Gasteiger partial charge on any atom is -0.348 e. The van der Waals surface area contributed by atoms with Gasteiger partial charge in [0.05, 0.1) is 11.7 Å². The highest BCUT2D eigenvalue weighted by molar-refractivity contribution is 5.46. The highest BCUT2D eigenvalue weighted by Gasteiger charge is 2.29. The van der Waals surface area contributed by atoms with Crippen molar-refractivity contribution in [1.29, 1.82) is 0 Å². The van der Waals surface area contributed by atoms with Gasteiger partial charge in [-0.1, -0.05) is 36.4 Å². The highest BCUT2D eigenvalue weighted by Crippen LogP contribution is 2.33. The minimum absolute atomic E-state index is 0.0275. The Morgan fingerprint density at radius 3 is 2.68 bits per heavy atom. The van der Waals surface area contributed by atoms with Crippen LogP contribution in [0.15, 0.2) is 77.9 Å². The molecule has 4 heterocycles. The van der Waals surface area contributed by atoms with Crippen LogP contribution in [-0.4, -0.2) is 25.4 Å². The van der Waals surface area contributed by atoms with Crippen molar-refractivity contribution < 1.29 is 0 Å². The quantitative estimate of drug-likeness (QED) is 0.555. The highest BCUT2D eigenvalue weighted by atomic mass is 16.1. The Hall–Kier alpha value is -3.18. The van der Waals surface area contributed by atoms with Crippen molar-refractivity contribution in [2.24, 2.45) is 0 Å². The van der Waals surface area contributed by atoms with Gasteiger partial charge < -0.3 is 4.57 Å². The Morgan fingerprint density at radius 1 is 1.00 bits per heavy atom. The summed E-state index contributed by atoms with van der Waals surface area (Å²) in [4.78, 5) is 19.8. The lowest BCUT2D eigenvalue weighted by molar-refractivity contribution is 0.172. The zero-order valence-electron chi connectivity index (χ0n) is 15.8. The van der Waals surface area contributed by atoms with Gasteiger partial charge >= 0.3 is 0 Å². The van der Waals surface area contributed by atoms with Crippen LogP contribution >= 0.6 is 0 Å². The van der Waals surface area contributed by atoms with Crippen LogP contribution in [0.1, 0.15) is 28.6 Å². The summed E-state index contributed by atoms with van der Waals surface area (Å²) in [6.45, 7) is 4.49. The van der Waals surface area contributed by atoms with Crippen LogP contribution in [0.2, 0.25) is 0 Å². The summed E-state index contributed by atoms with van der Waals surface area (Å²) < 4.78 is 3.94. The molecule has 1 aliphatic rings. The molecule has 5 heteroatoms. The van der Waals surface area contributed by atoms with E-state index >= 15 is 0 Å². The molecule has 5 nitrogen and oxygen atoms in total. The van der Waals surface area contributed by atoms with E-state index in [-0.39, 0.29) is 11.6 Å². The Bertz CT molecular complexity index is 1190. The van der Waals surface area contributed by atoms with E-state index in [0.29, 0.717) is 6.54 Å². The van der Waals surface area contributed by atoms with E-state index in [1.165, 1.54) is 11.3 Å². The summed E-state index contributed by atoms with van der Waals surface area (Å²) in [5, 5.41) is 0. The van der Waals surface area contributed by atoms with Crippen molar-refractivity contribution in [3.05, 3.63) is 106 Å². The summed E-state index contributed by atoms with van der Waals surface area (Å²) in [5.74, 6) is 0. The fourth-order valence-electron chi connectivity index (χ4n) is 4.22. The van der Waals surface area contributed by atoms with Crippen molar-refractivity contribution in [2.45, 2.75) is 26.1 Å². The van der Waals surface area contributed by atoms with Crippen LogP contribution in [0.3, 0.4) is 0 Å². The normalized spacial score (nSPS) is 17.0. The summed E-state index contributed by atoms with van der Waals surface area (Å²) >= 11 is 0. The van der Waals surface area contributed by atoms with Gasteiger partial charge in [-0.3, -0.25) is 14.1 Å². The molecule has 4 aromatic rings. The predicted molar refractivity (Wildman–Crippen MR) is 109 cm³/mol. The number of hydrogen-bond acceptors (Lipinski definition) is 3. The molecule has 1 aliphatic heterocycles. The van der Waals surface area contributed by atoms with Crippen LogP contribution in [0, 0.1) is 6.92 Å². The van der Waals surface area contributed by atoms with Gasteiger partial charge in [0.1, 0.15) is 5.65 Å². The van der Waals surface area contributed by atoms with Crippen LogP contribution in [0.25, 0.3) is 5.65 Å². The Labute approximate surface area is 163 Å². The molecule has 28 heavy (non-hydrogen) atoms. The molecule has 140 valence electrons. The molecular weight excluding hydrogens is 348 g/mol. The van der Waals surface area contributed by atoms with Gasteiger partial charge in [0.2, 0.25) is 0 Å². The van der Waals surface area contributed by atoms with Gasteiger partial charge in [-0.05, 0) is 36.2 Å². The van der Waals surface area contributed by atoms with Gasteiger partial charge in [0.15, 0.2) is 0 Å². The van der Waals surface area contributed by atoms with E-state index in [0.717, 1.165) is 30.0 Å². The lowest BCUT2D eigenvalue weighted by Gasteiger charge is -2.37. The molecule has 0 N–H and O–H groups in total. The van der Waals surface area contributed by atoms with E-state index < -0.39 is 0 Å². The van der Waals surface area contributed by atoms with Crippen LogP contribution < -0.4 is 5.56 Å². The summed E-state index contributed by atoms with van der Waals surface area (Å²) in [5.41, 5.74) is 5.08. The smallest absolute Gasteiger partial charge is 0.258 e. The summed E-state index contributed by atoms with van der Waals surface area (Å²) in [6.07, 6.45) is 3.93. The van der Waals surface area contributed by atoms with Crippen molar-refractivity contribution >= 4 is 5.65 Å². The number of aryl methyl sites for hydroxylation is 1. The zero-order chi connectivity index (χ0) is 19.1. The second-order valence-corrected chi connectivity index (χ2v) is 7.38. The van der Waals surface area contributed by atoms with Crippen LogP contribution in [-0.2, 0) is 13.1 Å². The zero-order valence-corrected chi connectivity index (χ0v) is 15.8. The third-order valence-electron chi connectivity index (χ3n) is 5.56. The molecule has 5 rings (SSSR count). The first-order chi connectivity index (χ1) is 13.7. The largest absolute Gasteiger partial charge is 0.348 e. The Balaban J connectivity index is 1.56. The Morgan fingerprint density at radius 2 is 1.82 bits per heavy atom. The molecule has 0 saturated heterocycles. The van der Waals surface area contributed by atoms with Crippen LogP contribution in [0.4, 0.5) is 0 Å². The summed E-state index contributed by atoms with van der Waals surface area (Å²) in [6, 6.07) is 20.6. The third kappa shape index (κ3) is 2.84. The van der Waals surface area contributed by atoms with E-state index in [1.807, 2.05) is 25.1 Å². The maximum absolute atomic E-state index is 12.6. The van der Waals surface area contributed by atoms with Crippen molar-refractivity contribution in [3.63, 3.8) is 0 Å². The monoisotopic (exact) mass is 370 g/mol. The van der Waals surface area contributed by atoms with E-state index in [4.69, 9.17) is 4.98 Å². The lowest BCUT2D eigenvalue weighted by Crippen LogP contribution is -2.38. The van der Waals surface area contributed by atoms with Gasteiger partial charge in [0, 0.05) is 43.8 Å². The fraction of sp³-hybridized carbons (Fsp3) is 0.217.